The minimum absolute atomic E-state index is 0.139. The van der Waals surface area contributed by atoms with Crippen LogP contribution in [0, 0.1) is 10.1 Å². The normalized spacial score (nSPS) is 10.9. The Bertz CT molecular complexity index is 872. The summed E-state index contributed by atoms with van der Waals surface area (Å²) in [5.41, 5.74) is 2.96. The van der Waals surface area contributed by atoms with Gasteiger partial charge in [-0.05, 0) is 29.5 Å². The number of H-pyrrole nitrogens is 1. The van der Waals surface area contributed by atoms with E-state index in [1.165, 1.54) is 25.5 Å². The second-order valence-corrected chi connectivity index (χ2v) is 4.45. The lowest BCUT2D eigenvalue weighted by Crippen LogP contribution is -1.93. The zero-order chi connectivity index (χ0) is 16.9. The molecule has 0 saturated heterocycles. The standard InChI is InChI=1S/C13H11N7O4/c1-23-12-4-2-8(6-10(12)20(21)22)11-5-3-9(24-11)7-14-15-13-16-18-19-17-13/h2-7H,1H3,(H2,15,16,17,18,19). The Labute approximate surface area is 134 Å². The van der Waals surface area contributed by atoms with Crippen LogP contribution in [0.2, 0.25) is 0 Å². The number of ether oxygens (including phenoxy) is 1. The van der Waals surface area contributed by atoms with E-state index in [0.717, 1.165) is 0 Å². The van der Waals surface area contributed by atoms with Gasteiger partial charge in [-0.1, -0.05) is 5.10 Å². The van der Waals surface area contributed by atoms with Gasteiger partial charge in [0.15, 0.2) is 5.75 Å². The molecule has 0 aliphatic carbocycles. The summed E-state index contributed by atoms with van der Waals surface area (Å²) in [6.45, 7) is 0. The number of anilines is 1. The summed E-state index contributed by atoms with van der Waals surface area (Å²) >= 11 is 0. The molecule has 11 heteroatoms. The van der Waals surface area contributed by atoms with Crippen LogP contribution in [0.1, 0.15) is 5.76 Å². The third kappa shape index (κ3) is 3.19. The van der Waals surface area contributed by atoms with Crippen molar-refractivity contribution in [2.75, 3.05) is 12.5 Å². The summed E-state index contributed by atoms with van der Waals surface area (Å²) < 4.78 is 10.6. The van der Waals surface area contributed by atoms with E-state index in [1.807, 2.05) is 0 Å². The number of nitro groups is 1. The second-order valence-electron chi connectivity index (χ2n) is 4.45. The molecule has 24 heavy (non-hydrogen) atoms. The number of hydrogen-bond donors (Lipinski definition) is 2. The summed E-state index contributed by atoms with van der Waals surface area (Å²) in [4.78, 5) is 10.6. The van der Waals surface area contributed by atoms with E-state index in [4.69, 9.17) is 9.15 Å². The summed E-state index contributed by atoms with van der Waals surface area (Å²) in [5, 5.41) is 27.9. The van der Waals surface area contributed by atoms with Crippen LogP contribution in [0.4, 0.5) is 11.6 Å². The van der Waals surface area contributed by atoms with Crippen LogP contribution in [-0.4, -0.2) is 38.9 Å². The fraction of sp³-hybridized carbons (Fsp3) is 0.0769. The lowest BCUT2D eigenvalue weighted by molar-refractivity contribution is -0.385. The van der Waals surface area contributed by atoms with Crippen LogP contribution in [0.3, 0.4) is 0 Å². The monoisotopic (exact) mass is 329 g/mol. The van der Waals surface area contributed by atoms with E-state index >= 15 is 0 Å². The third-order valence-corrected chi connectivity index (χ3v) is 2.99. The Hall–Kier alpha value is -3.76. The number of hydrazone groups is 1. The van der Waals surface area contributed by atoms with Gasteiger partial charge in [0.2, 0.25) is 0 Å². The Morgan fingerprint density at radius 3 is 3.00 bits per heavy atom. The summed E-state index contributed by atoms with van der Waals surface area (Å²) in [6, 6.07) is 7.93. The van der Waals surface area contributed by atoms with E-state index in [2.05, 4.69) is 31.2 Å². The maximum Gasteiger partial charge on any atom is 0.311 e. The van der Waals surface area contributed by atoms with Crippen LogP contribution >= 0.6 is 0 Å². The predicted octanol–water partition coefficient (Wildman–Crippen LogP) is 1.82. The third-order valence-electron chi connectivity index (χ3n) is 2.99. The molecular weight excluding hydrogens is 318 g/mol. The highest BCUT2D eigenvalue weighted by Crippen LogP contribution is 2.32. The van der Waals surface area contributed by atoms with E-state index in [-0.39, 0.29) is 17.4 Å². The molecule has 1 aromatic carbocycles. The average molecular weight is 329 g/mol. The number of rotatable bonds is 6. The van der Waals surface area contributed by atoms with Gasteiger partial charge in [-0.2, -0.15) is 10.3 Å². The summed E-state index contributed by atoms with van der Waals surface area (Å²) in [5.74, 6) is 1.30. The first-order chi connectivity index (χ1) is 11.7. The molecule has 3 aromatic rings. The van der Waals surface area contributed by atoms with Gasteiger partial charge < -0.3 is 9.15 Å². The van der Waals surface area contributed by atoms with Crippen molar-refractivity contribution < 1.29 is 14.1 Å². The number of tetrazole rings is 1. The first kappa shape index (κ1) is 15.1. The number of hydrogen-bond acceptors (Lipinski definition) is 9. The number of aromatic nitrogens is 4. The number of aromatic amines is 1. The van der Waals surface area contributed by atoms with Gasteiger partial charge in [-0.3, -0.25) is 10.1 Å². The number of nitrogens with one attached hydrogen (secondary N) is 2. The average Bonchev–Trinajstić information content (AvgIpc) is 3.26. The molecule has 0 aliphatic rings. The molecule has 122 valence electrons. The van der Waals surface area contributed by atoms with E-state index in [9.17, 15) is 10.1 Å². The van der Waals surface area contributed by atoms with Crippen LogP contribution in [0.25, 0.3) is 11.3 Å². The van der Waals surface area contributed by atoms with Crippen LogP contribution in [0.15, 0.2) is 39.9 Å². The van der Waals surface area contributed by atoms with Crippen molar-refractivity contribution in [2.24, 2.45) is 5.10 Å². The van der Waals surface area contributed by atoms with Crippen molar-refractivity contribution in [2.45, 2.75) is 0 Å². The topological polar surface area (TPSA) is 144 Å². The lowest BCUT2D eigenvalue weighted by atomic mass is 10.1. The van der Waals surface area contributed by atoms with Crippen molar-refractivity contribution in [1.29, 1.82) is 0 Å². The molecule has 0 amide bonds. The molecule has 0 bridgehead atoms. The number of nitro benzene ring substituents is 1. The maximum absolute atomic E-state index is 11.1. The lowest BCUT2D eigenvalue weighted by Gasteiger charge is -2.03. The zero-order valence-corrected chi connectivity index (χ0v) is 12.3. The summed E-state index contributed by atoms with van der Waals surface area (Å²) in [6.07, 6.45) is 1.41. The Balaban J connectivity index is 1.79. The van der Waals surface area contributed by atoms with Crippen molar-refractivity contribution in [3.8, 4) is 17.1 Å². The van der Waals surface area contributed by atoms with Crippen molar-refractivity contribution in [1.82, 2.24) is 20.6 Å². The molecule has 11 nitrogen and oxygen atoms in total. The molecule has 0 unspecified atom stereocenters. The fourth-order valence-corrected chi connectivity index (χ4v) is 1.93. The van der Waals surface area contributed by atoms with Gasteiger partial charge >= 0.3 is 5.69 Å². The van der Waals surface area contributed by atoms with Crippen molar-refractivity contribution in [3.63, 3.8) is 0 Å². The van der Waals surface area contributed by atoms with Gasteiger partial charge in [0, 0.05) is 11.6 Å². The van der Waals surface area contributed by atoms with E-state index < -0.39 is 4.92 Å². The van der Waals surface area contributed by atoms with E-state index in [1.54, 1.807) is 18.2 Å². The van der Waals surface area contributed by atoms with E-state index in [0.29, 0.717) is 17.1 Å². The second kappa shape index (κ2) is 6.56. The molecule has 0 fully saturated rings. The Kier molecular flexibility index (Phi) is 4.14. The molecule has 0 aliphatic heterocycles. The quantitative estimate of drug-likeness (QED) is 0.396. The number of furan rings is 1. The van der Waals surface area contributed by atoms with Crippen molar-refractivity contribution in [3.05, 3.63) is 46.2 Å². The van der Waals surface area contributed by atoms with Gasteiger partial charge in [-0.15, -0.1) is 5.10 Å². The van der Waals surface area contributed by atoms with Gasteiger partial charge in [-0.25, -0.2) is 5.43 Å². The van der Waals surface area contributed by atoms with Crippen LogP contribution in [0.5, 0.6) is 5.75 Å². The van der Waals surface area contributed by atoms with Gasteiger partial charge in [0.05, 0.1) is 18.2 Å². The number of benzene rings is 1. The number of methoxy groups -OCH3 is 1. The highest BCUT2D eigenvalue weighted by Gasteiger charge is 2.17. The molecular formula is C13H11N7O4. The maximum atomic E-state index is 11.1. The molecule has 0 saturated carbocycles. The molecule has 3 rings (SSSR count). The Morgan fingerprint density at radius 2 is 2.29 bits per heavy atom. The molecule has 2 aromatic heterocycles. The first-order valence-electron chi connectivity index (χ1n) is 6.62. The predicted molar refractivity (Wildman–Crippen MR) is 82.7 cm³/mol. The minimum atomic E-state index is -0.511. The first-order valence-corrected chi connectivity index (χ1v) is 6.62. The summed E-state index contributed by atoms with van der Waals surface area (Å²) in [7, 11) is 1.38. The zero-order valence-electron chi connectivity index (χ0n) is 12.3. The van der Waals surface area contributed by atoms with Crippen LogP contribution in [-0.2, 0) is 0 Å². The molecule has 2 N–H and O–H groups in total. The fourth-order valence-electron chi connectivity index (χ4n) is 1.93. The minimum Gasteiger partial charge on any atom is -0.490 e. The van der Waals surface area contributed by atoms with Crippen molar-refractivity contribution >= 4 is 17.9 Å². The van der Waals surface area contributed by atoms with Gasteiger partial charge in [0.1, 0.15) is 11.5 Å². The largest absolute Gasteiger partial charge is 0.490 e. The highest BCUT2D eigenvalue weighted by atomic mass is 16.6. The Morgan fingerprint density at radius 1 is 1.42 bits per heavy atom. The number of nitrogens with zero attached hydrogens (tertiary/aromatic N) is 5. The molecule has 0 spiro atoms. The van der Waals surface area contributed by atoms with Gasteiger partial charge in [0.25, 0.3) is 5.95 Å². The van der Waals surface area contributed by atoms with Crippen LogP contribution < -0.4 is 10.2 Å². The molecule has 0 atom stereocenters. The molecule has 2 heterocycles. The molecule has 0 radical (unpaired) electrons. The smallest absolute Gasteiger partial charge is 0.311 e. The SMILES string of the molecule is COc1ccc(-c2ccc(C=NNc3nn[nH]n3)o2)cc1[N+](=O)[O-]. The highest BCUT2D eigenvalue weighted by molar-refractivity contribution is 5.78.